The van der Waals surface area contributed by atoms with Gasteiger partial charge < -0.3 is 10.6 Å². The molecule has 1 heterocycles. The van der Waals surface area contributed by atoms with Gasteiger partial charge in [0.05, 0.1) is 15.6 Å². The van der Waals surface area contributed by atoms with Crippen molar-refractivity contribution in [1.29, 1.82) is 0 Å². The fraction of sp³-hybridized carbons (Fsp3) is 0.188. The number of halogens is 2. The predicted octanol–water partition coefficient (Wildman–Crippen LogP) is 3.52. The standard InChI is InChI=1S/C16H14Cl2N2O/c17-12-5-3-6-13(18)15(12)16(21)20-9-11(19)8-10-4-1-2-7-14(10)20/h1-7,11H,8-9,19H2. The first-order chi connectivity index (χ1) is 10.1. The fourth-order valence-corrected chi connectivity index (χ4v) is 3.22. The lowest BCUT2D eigenvalue weighted by Crippen LogP contribution is -2.46. The SMILES string of the molecule is NC1Cc2ccccc2N(C(=O)c2c(Cl)cccc2Cl)C1. The van der Waals surface area contributed by atoms with Crippen molar-refractivity contribution < 1.29 is 4.79 Å². The average Bonchev–Trinajstić information content (AvgIpc) is 2.46. The Hall–Kier alpha value is -1.55. The van der Waals surface area contributed by atoms with Crippen LogP contribution >= 0.6 is 23.2 Å². The molecule has 1 aliphatic rings. The number of carbonyl (C=O) groups excluding carboxylic acids is 1. The van der Waals surface area contributed by atoms with Crippen LogP contribution in [0.1, 0.15) is 15.9 Å². The Morgan fingerprint density at radius 1 is 1.10 bits per heavy atom. The van der Waals surface area contributed by atoms with Gasteiger partial charge in [-0.2, -0.15) is 0 Å². The molecule has 0 fully saturated rings. The summed E-state index contributed by atoms with van der Waals surface area (Å²) in [6.45, 7) is 0.456. The van der Waals surface area contributed by atoms with E-state index in [1.54, 1.807) is 23.1 Å². The molecule has 1 aliphatic heterocycles. The third kappa shape index (κ3) is 2.64. The van der Waals surface area contributed by atoms with Gasteiger partial charge in [-0.25, -0.2) is 0 Å². The van der Waals surface area contributed by atoms with Gasteiger partial charge in [0, 0.05) is 18.3 Å². The van der Waals surface area contributed by atoms with Crippen LogP contribution in [-0.4, -0.2) is 18.5 Å². The Morgan fingerprint density at radius 2 is 1.76 bits per heavy atom. The lowest BCUT2D eigenvalue weighted by molar-refractivity contribution is 0.0983. The van der Waals surface area contributed by atoms with Gasteiger partial charge in [0.25, 0.3) is 5.91 Å². The van der Waals surface area contributed by atoms with Gasteiger partial charge in [0.2, 0.25) is 0 Å². The summed E-state index contributed by atoms with van der Waals surface area (Å²) in [4.78, 5) is 14.5. The molecule has 0 radical (unpaired) electrons. The maximum Gasteiger partial charge on any atom is 0.261 e. The highest BCUT2D eigenvalue weighted by atomic mass is 35.5. The van der Waals surface area contributed by atoms with Crippen molar-refractivity contribution in [1.82, 2.24) is 0 Å². The quantitative estimate of drug-likeness (QED) is 0.873. The number of benzene rings is 2. The summed E-state index contributed by atoms with van der Waals surface area (Å²) >= 11 is 12.3. The summed E-state index contributed by atoms with van der Waals surface area (Å²) in [5, 5.41) is 0.702. The minimum atomic E-state index is -0.215. The summed E-state index contributed by atoms with van der Waals surface area (Å²) < 4.78 is 0. The predicted molar refractivity (Wildman–Crippen MR) is 86.3 cm³/mol. The van der Waals surface area contributed by atoms with Crippen molar-refractivity contribution in [3.05, 3.63) is 63.6 Å². The molecule has 0 saturated heterocycles. The third-order valence-electron chi connectivity index (χ3n) is 3.60. The molecule has 0 saturated carbocycles. The van der Waals surface area contributed by atoms with Crippen LogP contribution in [0, 0.1) is 0 Å². The second-order valence-corrected chi connectivity index (χ2v) is 5.92. The molecule has 1 amide bonds. The number of carbonyl (C=O) groups is 1. The van der Waals surface area contributed by atoms with E-state index in [0.717, 1.165) is 17.7 Å². The average molecular weight is 321 g/mol. The van der Waals surface area contributed by atoms with E-state index in [0.29, 0.717) is 22.2 Å². The molecule has 0 aromatic heterocycles. The van der Waals surface area contributed by atoms with Crippen LogP contribution in [-0.2, 0) is 6.42 Å². The van der Waals surface area contributed by atoms with E-state index in [1.807, 2.05) is 24.3 Å². The molecule has 0 spiro atoms. The molecular weight excluding hydrogens is 307 g/mol. The molecule has 21 heavy (non-hydrogen) atoms. The van der Waals surface area contributed by atoms with Crippen molar-refractivity contribution in [3.8, 4) is 0 Å². The molecular formula is C16H14Cl2N2O. The maximum atomic E-state index is 12.9. The van der Waals surface area contributed by atoms with E-state index in [4.69, 9.17) is 28.9 Å². The lowest BCUT2D eigenvalue weighted by Gasteiger charge is -2.33. The molecule has 3 nitrogen and oxygen atoms in total. The molecule has 0 bridgehead atoms. The zero-order valence-corrected chi connectivity index (χ0v) is 12.7. The number of para-hydroxylation sites is 1. The van der Waals surface area contributed by atoms with E-state index < -0.39 is 0 Å². The van der Waals surface area contributed by atoms with Crippen LogP contribution in [0.4, 0.5) is 5.69 Å². The van der Waals surface area contributed by atoms with Gasteiger partial charge in [-0.15, -0.1) is 0 Å². The molecule has 108 valence electrons. The molecule has 1 atom stereocenters. The lowest BCUT2D eigenvalue weighted by atomic mass is 9.97. The zero-order valence-electron chi connectivity index (χ0n) is 11.2. The first-order valence-electron chi connectivity index (χ1n) is 6.67. The first-order valence-corrected chi connectivity index (χ1v) is 7.43. The fourth-order valence-electron chi connectivity index (χ4n) is 2.66. The second-order valence-electron chi connectivity index (χ2n) is 5.11. The highest BCUT2D eigenvalue weighted by Crippen LogP contribution is 2.31. The minimum absolute atomic E-state index is 0.0925. The number of hydrogen-bond acceptors (Lipinski definition) is 2. The Balaban J connectivity index is 2.06. The van der Waals surface area contributed by atoms with E-state index in [-0.39, 0.29) is 11.9 Å². The van der Waals surface area contributed by atoms with Crippen molar-refractivity contribution in [2.24, 2.45) is 5.73 Å². The van der Waals surface area contributed by atoms with Crippen molar-refractivity contribution >= 4 is 34.8 Å². The van der Waals surface area contributed by atoms with E-state index in [2.05, 4.69) is 0 Å². The summed E-state index contributed by atoms with van der Waals surface area (Å²) in [5.41, 5.74) is 8.33. The number of rotatable bonds is 1. The number of amides is 1. The number of nitrogens with zero attached hydrogens (tertiary/aromatic N) is 1. The van der Waals surface area contributed by atoms with Gasteiger partial charge >= 0.3 is 0 Å². The Morgan fingerprint density at radius 3 is 2.48 bits per heavy atom. The Kier molecular flexibility index (Phi) is 3.89. The van der Waals surface area contributed by atoms with Gasteiger partial charge in [0.1, 0.15) is 0 Å². The van der Waals surface area contributed by atoms with Crippen molar-refractivity contribution in [3.63, 3.8) is 0 Å². The van der Waals surface area contributed by atoms with Crippen LogP contribution in [0.2, 0.25) is 10.0 Å². The molecule has 1 unspecified atom stereocenters. The topological polar surface area (TPSA) is 46.3 Å². The maximum absolute atomic E-state index is 12.9. The van der Waals surface area contributed by atoms with Crippen molar-refractivity contribution in [2.45, 2.75) is 12.5 Å². The zero-order chi connectivity index (χ0) is 15.0. The number of anilines is 1. The van der Waals surface area contributed by atoms with Gasteiger partial charge in [0.15, 0.2) is 0 Å². The number of fused-ring (bicyclic) bond motifs is 1. The van der Waals surface area contributed by atoms with E-state index in [1.165, 1.54) is 0 Å². The summed E-state index contributed by atoms with van der Waals surface area (Å²) in [6, 6.07) is 12.7. The van der Waals surface area contributed by atoms with Crippen LogP contribution < -0.4 is 10.6 Å². The minimum Gasteiger partial charge on any atom is -0.326 e. The molecule has 3 rings (SSSR count). The largest absolute Gasteiger partial charge is 0.326 e. The summed E-state index contributed by atoms with van der Waals surface area (Å²) in [5.74, 6) is -0.215. The van der Waals surface area contributed by atoms with E-state index in [9.17, 15) is 4.79 Å². The first kappa shape index (κ1) is 14.4. The smallest absolute Gasteiger partial charge is 0.261 e. The molecule has 2 aromatic rings. The summed E-state index contributed by atoms with van der Waals surface area (Å²) in [6.07, 6.45) is 0.760. The molecule has 2 N–H and O–H groups in total. The van der Waals surface area contributed by atoms with Gasteiger partial charge in [-0.05, 0) is 30.2 Å². The molecule has 0 aliphatic carbocycles. The van der Waals surface area contributed by atoms with Crippen LogP contribution in [0.15, 0.2) is 42.5 Å². The highest BCUT2D eigenvalue weighted by molar-refractivity contribution is 6.40. The van der Waals surface area contributed by atoms with Gasteiger partial charge in [-0.3, -0.25) is 4.79 Å². The van der Waals surface area contributed by atoms with Crippen LogP contribution in [0.3, 0.4) is 0 Å². The Bertz CT molecular complexity index is 682. The normalized spacial score (nSPS) is 17.5. The van der Waals surface area contributed by atoms with E-state index >= 15 is 0 Å². The van der Waals surface area contributed by atoms with Gasteiger partial charge in [-0.1, -0.05) is 47.5 Å². The van der Waals surface area contributed by atoms with Crippen LogP contribution in [0.5, 0.6) is 0 Å². The number of hydrogen-bond donors (Lipinski definition) is 1. The third-order valence-corrected chi connectivity index (χ3v) is 4.23. The van der Waals surface area contributed by atoms with Crippen molar-refractivity contribution in [2.75, 3.05) is 11.4 Å². The second kappa shape index (κ2) is 5.68. The molecule has 5 heteroatoms. The summed E-state index contributed by atoms with van der Waals surface area (Å²) in [7, 11) is 0. The highest BCUT2D eigenvalue weighted by Gasteiger charge is 2.29. The monoisotopic (exact) mass is 320 g/mol. The Labute approximate surface area is 133 Å². The number of nitrogens with two attached hydrogens (primary N) is 1. The molecule has 2 aromatic carbocycles. The van der Waals surface area contributed by atoms with Crippen LogP contribution in [0.25, 0.3) is 0 Å².